The molecule has 2 aromatic heterocycles. The van der Waals surface area contributed by atoms with Gasteiger partial charge in [0.15, 0.2) is 0 Å². The van der Waals surface area contributed by atoms with Gasteiger partial charge in [0.25, 0.3) is 11.8 Å². The van der Waals surface area contributed by atoms with Crippen molar-refractivity contribution in [3.63, 3.8) is 0 Å². The second-order valence-electron chi connectivity index (χ2n) is 14.9. The number of hydrogen-bond acceptors (Lipinski definition) is 16. The SMILES string of the molecule is C=C(CC(NC(=O)c1ccc(CCc2ccc3nc(N)nc(N)c3c2)cc1)C(=O)O)C(=O)O.C=C(CC(NC(=O)c1ccc(CCc2ccc3nc(N)nc(N)c3c2)cc1)C(=O)[O-])C(=O)[O-]. The van der Waals surface area contributed by atoms with Crippen molar-refractivity contribution in [1.29, 1.82) is 0 Å². The highest BCUT2D eigenvalue weighted by atomic mass is 16.4. The molecule has 0 radical (unpaired) electrons. The zero-order chi connectivity index (χ0) is 48.2. The summed E-state index contributed by atoms with van der Waals surface area (Å²) in [6, 6.07) is 21.8. The van der Waals surface area contributed by atoms with Crippen molar-refractivity contribution in [2.45, 2.75) is 50.6 Å². The van der Waals surface area contributed by atoms with Gasteiger partial charge >= 0.3 is 11.9 Å². The standard InChI is InChI=1S/2C23H23N5O5/c2*1-12(21(30)31)10-18(22(32)33)26-20(29)15-7-4-13(5-8-15)2-3-14-6-9-17-16(11-14)19(24)28-23(25)27-17/h2*4-9,11,18H,1-3,10H2,(H,26,29)(H,30,31)(H,32,33)(H4,24,25,27,28)/p-2. The van der Waals surface area contributed by atoms with E-state index in [0.717, 1.165) is 33.0 Å². The molecule has 66 heavy (non-hydrogen) atoms. The van der Waals surface area contributed by atoms with E-state index >= 15 is 0 Å². The van der Waals surface area contributed by atoms with E-state index in [9.17, 15) is 44.1 Å². The maximum atomic E-state index is 12.4. The van der Waals surface area contributed by atoms with Crippen LogP contribution in [0.15, 0.2) is 109 Å². The van der Waals surface area contributed by atoms with Gasteiger partial charge in [-0.2, -0.15) is 9.97 Å². The Morgan fingerprint density at radius 1 is 0.545 bits per heavy atom. The molecular weight excluding hydrogens is 853 g/mol. The molecule has 0 fully saturated rings. The Balaban J connectivity index is 0.000000247. The lowest BCUT2D eigenvalue weighted by Crippen LogP contribution is -2.48. The number of nitrogens with two attached hydrogens (primary N) is 4. The molecule has 2 atom stereocenters. The highest BCUT2D eigenvalue weighted by molar-refractivity contribution is 5.98. The zero-order valence-electron chi connectivity index (χ0n) is 35.2. The number of carboxylic acids is 4. The minimum absolute atomic E-state index is 0.117. The number of anilines is 4. The summed E-state index contributed by atoms with van der Waals surface area (Å²) >= 11 is 0. The van der Waals surface area contributed by atoms with Crippen molar-refractivity contribution in [2.75, 3.05) is 22.9 Å². The first kappa shape index (κ1) is 48.1. The summed E-state index contributed by atoms with van der Waals surface area (Å²) in [6.45, 7) is 6.52. The smallest absolute Gasteiger partial charge is 0.331 e. The van der Waals surface area contributed by atoms with E-state index in [4.69, 9.17) is 28.0 Å². The maximum absolute atomic E-state index is 12.4. The number of benzene rings is 4. The monoisotopic (exact) mass is 896 g/mol. The fourth-order valence-electron chi connectivity index (χ4n) is 6.51. The topological polar surface area (TPSA) is 369 Å². The molecule has 2 unspecified atom stereocenters. The highest BCUT2D eigenvalue weighted by Gasteiger charge is 2.24. The van der Waals surface area contributed by atoms with E-state index in [1.807, 2.05) is 36.4 Å². The molecule has 0 aliphatic rings. The van der Waals surface area contributed by atoms with Crippen LogP contribution in [-0.2, 0) is 44.9 Å². The van der Waals surface area contributed by atoms with Crippen LogP contribution in [-0.4, -0.2) is 77.9 Å². The average molecular weight is 897 g/mol. The van der Waals surface area contributed by atoms with E-state index < -0.39 is 66.2 Å². The summed E-state index contributed by atoms with van der Waals surface area (Å²) in [4.78, 5) is 85.2. The Kier molecular flexibility index (Phi) is 15.6. The summed E-state index contributed by atoms with van der Waals surface area (Å²) in [7, 11) is 0. The highest BCUT2D eigenvalue weighted by Crippen LogP contribution is 2.23. The fraction of sp³-hybridized carbons (Fsp3) is 0.174. The molecule has 12 N–H and O–H groups in total. The quantitative estimate of drug-likeness (QED) is 0.0556. The van der Waals surface area contributed by atoms with E-state index in [2.05, 4.69) is 43.7 Å². The largest absolute Gasteiger partial charge is 0.548 e. The normalized spacial score (nSPS) is 11.6. The number of aromatic nitrogens is 4. The molecule has 0 aliphatic carbocycles. The first-order valence-corrected chi connectivity index (χ1v) is 19.9. The summed E-state index contributed by atoms with van der Waals surface area (Å²) in [5, 5.41) is 46.1. The van der Waals surface area contributed by atoms with Crippen LogP contribution in [0.1, 0.15) is 55.8 Å². The number of aliphatic carboxylic acids is 4. The first-order valence-electron chi connectivity index (χ1n) is 19.9. The van der Waals surface area contributed by atoms with Crippen LogP contribution in [0.3, 0.4) is 0 Å². The van der Waals surface area contributed by atoms with Gasteiger partial charge < -0.3 is 63.6 Å². The van der Waals surface area contributed by atoms with Crippen molar-refractivity contribution < 1.29 is 49.2 Å². The molecule has 0 spiro atoms. The van der Waals surface area contributed by atoms with Gasteiger partial charge in [-0.1, -0.05) is 49.6 Å². The second kappa shape index (κ2) is 21.4. The van der Waals surface area contributed by atoms with Crippen molar-refractivity contribution in [1.82, 2.24) is 30.6 Å². The molecule has 0 bridgehead atoms. The van der Waals surface area contributed by atoms with Crippen molar-refractivity contribution in [3.05, 3.63) is 143 Å². The van der Waals surface area contributed by atoms with Gasteiger partial charge in [-0.15, -0.1) is 0 Å². The Morgan fingerprint density at radius 2 is 0.924 bits per heavy atom. The van der Waals surface area contributed by atoms with Gasteiger partial charge in [0.05, 0.1) is 29.0 Å². The third kappa shape index (κ3) is 13.0. The lowest BCUT2D eigenvalue weighted by molar-refractivity contribution is -0.308. The number of fused-ring (bicyclic) bond motifs is 2. The summed E-state index contributed by atoms with van der Waals surface area (Å²) in [5.74, 6) is -6.28. The summed E-state index contributed by atoms with van der Waals surface area (Å²) in [6.07, 6.45) is 1.85. The Hall–Kier alpha value is -8.94. The number of carbonyl (C=O) groups is 6. The van der Waals surface area contributed by atoms with Crippen LogP contribution in [0.4, 0.5) is 23.5 Å². The van der Waals surface area contributed by atoms with Crippen molar-refractivity contribution in [3.8, 4) is 0 Å². The fourth-order valence-corrected chi connectivity index (χ4v) is 6.51. The number of hydrogen-bond donors (Lipinski definition) is 8. The molecule has 20 heteroatoms. The molecule has 4 aromatic carbocycles. The number of amides is 2. The van der Waals surface area contributed by atoms with Crippen molar-refractivity contribution >= 4 is 81.0 Å². The molecule has 6 aromatic rings. The minimum Gasteiger partial charge on any atom is -0.548 e. The minimum atomic E-state index is -1.62. The number of carbonyl (C=O) groups excluding carboxylic acids is 4. The number of nitrogens with zero attached hydrogens (tertiary/aromatic N) is 4. The Morgan fingerprint density at radius 3 is 1.30 bits per heavy atom. The average Bonchev–Trinajstić information content (AvgIpc) is 3.27. The third-order valence-electron chi connectivity index (χ3n) is 10.1. The van der Waals surface area contributed by atoms with Gasteiger partial charge in [-0.25, -0.2) is 19.6 Å². The summed E-state index contributed by atoms with van der Waals surface area (Å²) in [5.41, 5.74) is 28.1. The molecule has 0 saturated heterocycles. The van der Waals surface area contributed by atoms with Gasteiger partial charge in [0.2, 0.25) is 11.9 Å². The number of nitrogen functional groups attached to an aromatic ring is 4. The van der Waals surface area contributed by atoms with Crippen LogP contribution in [0, 0.1) is 0 Å². The number of nitrogens with one attached hydrogen (secondary N) is 2. The van der Waals surface area contributed by atoms with E-state index in [1.165, 1.54) is 0 Å². The second-order valence-corrected chi connectivity index (χ2v) is 14.9. The lowest BCUT2D eigenvalue weighted by Gasteiger charge is -2.21. The van der Waals surface area contributed by atoms with E-state index in [1.54, 1.807) is 48.5 Å². The number of carboxylic acid groups (broad SMARTS) is 4. The van der Waals surface area contributed by atoms with Crippen LogP contribution in [0.25, 0.3) is 21.8 Å². The predicted octanol–water partition coefficient (Wildman–Crippen LogP) is 0.917. The molecule has 20 nitrogen and oxygen atoms in total. The lowest BCUT2D eigenvalue weighted by atomic mass is 10.0. The van der Waals surface area contributed by atoms with Gasteiger partial charge in [-0.05, 0) is 108 Å². The van der Waals surface area contributed by atoms with Gasteiger partial charge in [0.1, 0.15) is 17.7 Å². The van der Waals surface area contributed by atoms with Crippen LogP contribution >= 0.6 is 0 Å². The van der Waals surface area contributed by atoms with Crippen molar-refractivity contribution in [2.24, 2.45) is 0 Å². The zero-order valence-corrected chi connectivity index (χ0v) is 35.2. The Bertz CT molecular complexity index is 2670. The molecule has 2 amide bonds. The summed E-state index contributed by atoms with van der Waals surface area (Å²) < 4.78 is 0. The van der Waals surface area contributed by atoms with Gasteiger partial charge in [-0.3, -0.25) is 9.59 Å². The first-order chi connectivity index (χ1) is 31.3. The maximum Gasteiger partial charge on any atom is 0.331 e. The Labute approximate surface area is 376 Å². The van der Waals surface area contributed by atoms with Gasteiger partial charge in [0, 0.05) is 33.9 Å². The number of aryl methyl sites for hydroxylation is 4. The van der Waals surface area contributed by atoms with E-state index in [0.29, 0.717) is 48.4 Å². The molecule has 2 heterocycles. The molecular formula is C46H44N10O10-2. The van der Waals surface area contributed by atoms with Crippen LogP contribution in [0.5, 0.6) is 0 Å². The van der Waals surface area contributed by atoms with Crippen LogP contribution in [0.2, 0.25) is 0 Å². The van der Waals surface area contributed by atoms with E-state index in [-0.39, 0.29) is 28.6 Å². The molecule has 0 saturated carbocycles. The predicted molar refractivity (Wildman–Crippen MR) is 240 cm³/mol. The molecule has 0 aliphatic heterocycles. The molecule has 340 valence electrons. The molecule has 6 rings (SSSR count). The number of rotatable bonds is 18. The van der Waals surface area contributed by atoms with Crippen LogP contribution < -0.4 is 43.8 Å². The third-order valence-corrected chi connectivity index (χ3v) is 10.1.